The van der Waals surface area contributed by atoms with Crippen molar-refractivity contribution in [1.82, 2.24) is 45.1 Å². The van der Waals surface area contributed by atoms with Gasteiger partial charge in [0, 0.05) is 119 Å². The molecular formula is C45H57N15O5. The summed E-state index contributed by atoms with van der Waals surface area (Å²) in [6.07, 6.45) is 2.49. The van der Waals surface area contributed by atoms with Crippen LogP contribution in [-0.4, -0.2) is 167 Å². The van der Waals surface area contributed by atoms with Crippen molar-refractivity contribution < 1.29 is 24.0 Å². The van der Waals surface area contributed by atoms with Gasteiger partial charge in [-0.05, 0) is 75.7 Å². The minimum absolute atomic E-state index is 0.0323. The second-order valence-corrected chi connectivity index (χ2v) is 17.2. The number of aromatic amines is 1. The summed E-state index contributed by atoms with van der Waals surface area (Å²) in [7, 11) is 3.26. The molecule has 4 aromatic rings. The van der Waals surface area contributed by atoms with Crippen LogP contribution in [0.5, 0.6) is 0 Å². The van der Waals surface area contributed by atoms with E-state index < -0.39 is 17.9 Å². The molecule has 2 aromatic heterocycles. The number of imide groups is 1. The number of carbonyl (C=O) groups excluding carboxylic acids is 5. The molecule has 0 aliphatic carbocycles. The zero-order chi connectivity index (χ0) is 46.1. The van der Waals surface area contributed by atoms with Crippen LogP contribution in [-0.2, 0) is 14.4 Å². The SMILES string of the molecule is CNC(=O)CCC(C=O)N1C(=O)c2ccc(N3CCN(CCN4C(C)CN(c5cc(-c6n[nH]c7ccc(NC(=O)C8=C(C)N(C)/C(=N/N)N(N)C8)cc67)ccn5)CC4C)CC3)cc2C1=O. The van der Waals surface area contributed by atoms with Gasteiger partial charge < -0.3 is 36.0 Å². The number of H-pyrrole nitrogens is 1. The molecule has 6 heterocycles. The number of nitrogens with two attached hydrogens (primary N) is 2. The molecule has 0 radical (unpaired) electrons. The molecule has 20 heteroatoms. The van der Waals surface area contributed by atoms with Gasteiger partial charge in [-0.2, -0.15) is 5.10 Å². The fourth-order valence-corrected chi connectivity index (χ4v) is 9.43. The predicted molar refractivity (Wildman–Crippen MR) is 248 cm³/mol. The molecule has 0 spiro atoms. The van der Waals surface area contributed by atoms with E-state index in [0.717, 1.165) is 90.9 Å². The number of rotatable bonds is 13. The molecule has 20 nitrogen and oxygen atoms in total. The lowest BCUT2D eigenvalue weighted by Crippen LogP contribution is -2.59. The number of anilines is 3. The summed E-state index contributed by atoms with van der Waals surface area (Å²) in [6.45, 7) is 13.2. The third-order valence-electron chi connectivity index (χ3n) is 13.2. The summed E-state index contributed by atoms with van der Waals surface area (Å²) in [5.41, 5.74) is 5.77. The van der Waals surface area contributed by atoms with Crippen LogP contribution in [0.25, 0.3) is 22.2 Å². The number of piperazine rings is 2. The van der Waals surface area contributed by atoms with Crippen LogP contribution in [0, 0.1) is 0 Å². The quantitative estimate of drug-likeness (QED) is 0.0555. The average molecular weight is 888 g/mol. The van der Waals surface area contributed by atoms with Crippen LogP contribution in [0.15, 0.2) is 71.1 Å². The van der Waals surface area contributed by atoms with Crippen LogP contribution in [0.2, 0.25) is 0 Å². The number of benzene rings is 2. The number of hydrazone groups is 1. The lowest BCUT2D eigenvalue weighted by molar-refractivity contribution is -0.121. The van der Waals surface area contributed by atoms with Crippen molar-refractivity contribution in [2.45, 2.75) is 51.7 Å². The first-order valence-corrected chi connectivity index (χ1v) is 21.9. The van der Waals surface area contributed by atoms with Crippen LogP contribution < -0.4 is 32.1 Å². The fraction of sp³-hybridized carbons (Fsp3) is 0.422. The van der Waals surface area contributed by atoms with Gasteiger partial charge in [0.25, 0.3) is 17.7 Å². The highest BCUT2D eigenvalue weighted by Crippen LogP contribution is 2.33. The number of hydrogen-bond donors (Lipinski definition) is 5. The van der Waals surface area contributed by atoms with E-state index in [1.165, 1.54) is 12.1 Å². The van der Waals surface area contributed by atoms with E-state index in [1.807, 2.05) is 43.5 Å². The van der Waals surface area contributed by atoms with Crippen molar-refractivity contribution in [3.63, 3.8) is 0 Å². The molecule has 4 aliphatic rings. The summed E-state index contributed by atoms with van der Waals surface area (Å²) in [5, 5.41) is 19.3. The Morgan fingerprint density at radius 3 is 2.42 bits per heavy atom. The molecule has 7 N–H and O–H groups in total. The maximum Gasteiger partial charge on any atom is 0.262 e. The minimum atomic E-state index is -1.00. The van der Waals surface area contributed by atoms with Gasteiger partial charge in [0.2, 0.25) is 11.9 Å². The number of aromatic nitrogens is 3. The summed E-state index contributed by atoms with van der Waals surface area (Å²) < 4.78 is 0. The van der Waals surface area contributed by atoms with Gasteiger partial charge in [-0.15, -0.1) is 5.10 Å². The van der Waals surface area contributed by atoms with E-state index in [2.05, 4.69) is 65.4 Å². The third kappa shape index (κ3) is 8.83. The Labute approximate surface area is 377 Å². The number of nitrogens with zero attached hydrogens (tertiary/aromatic N) is 10. The molecule has 3 atom stereocenters. The Morgan fingerprint density at radius 2 is 1.71 bits per heavy atom. The van der Waals surface area contributed by atoms with Crippen molar-refractivity contribution in [1.29, 1.82) is 0 Å². The van der Waals surface area contributed by atoms with Gasteiger partial charge in [-0.25, -0.2) is 10.8 Å². The van der Waals surface area contributed by atoms with Gasteiger partial charge in [0.15, 0.2) is 0 Å². The summed E-state index contributed by atoms with van der Waals surface area (Å²) >= 11 is 0. The molecule has 0 bridgehead atoms. The molecule has 4 aliphatic heterocycles. The molecule has 4 amide bonds. The Morgan fingerprint density at radius 1 is 0.969 bits per heavy atom. The topological polar surface area (TPSA) is 238 Å². The number of nitrogens with one attached hydrogen (secondary N) is 3. The van der Waals surface area contributed by atoms with Gasteiger partial charge in [0.1, 0.15) is 17.8 Å². The van der Waals surface area contributed by atoms with Crippen molar-refractivity contribution >= 4 is 64.0 Å². The Kier molecular flexibility index (Phi) is 12.8. The summed E-state index contributed by atoms with van der Waals surface area (Å²) in [6, 6.07) is 14.5. The van der Waals surface area contributed by atoms with E-state index in [-0.39, 0.29) is 54.4 Å². The number of pyridine rings is 1. The number of guanidine groups is 1. The maximum absolute atomic E-state index is 13.5. The van der Waals surface area contributed by atoms with Crippen LogP contribution in [0.3, 0.4) is 0 Å². The number of allylic oxidation sites excluding steroid dienone is 1. The van der Waals surface area contributed by atoms with Gasteiger partial charge >= 0.3 is 0 Å². The molecule has 65 heavy (non-hydrogen) atoms. The molecule has 0 saturated carbocycles. The highest BCUT2D eigenvalue weighted by atomic mass is 16.2. The predicted octanol–water partition coefficient (Wildman–Crippen LogP) is 1.60. The smallest absolute Gasteiger partial charge is 0.262 e. The molecule has 2 aromatic carbocycles. The Bertz CT molecular complexity index is 2550. The summed E-state index contributed by atoms with van der Waals surface area (Å²) in [4.78, 5) is 80.8. The first-order valence-electron chi connectivity index (χ1n) is 21.9. The number of fused-ring (bicyclic) bond motifs is 2. The van der Waals surface area contributed by atoms with Crippen molar-refractivity contribution in [2.75, 3.05) is 88.1 Å². The minimum Gasteiger partial charge on any atom is -0.369 e. The first kappa shape index (κ1) is 44.7. The molecule has 3 unspecified atom stereocenters. The molecule has 2 fully saturated rings. The average Bonchev–Trinajstić information content (AvgIpc) is 3.84. The van der Waals surface area contributed by atoms with Gasteiger partial charge in [-0.3, -0.25) is 44.0 Å². The zero-order valence-corrected chi connectivity index (χ0v) is 37.5. The number of hydrogen-bond acceptors (Lipinski definition) is 14. The van der Waals surface area contributed by atoms with E-state index in [4.69, 9.17) is 16.7 Å². The monoisotopic (exact) mass is 887 g/mol. The van der Waals surface area contributed by atoms with E-state index in [1.54, 1.807) is 24.1 Å². The maximum atomic E-state index is 13.5. The normalized spacial score (nSPS) is 20.8. The molecular weight excluding hydrogens is 831 g/mol. The Hall–Kier alpha value is -6.90. The van der Waals surface area contributed by atoms with Crippen molar-refractivity contribution in [2.24, 2.45) is 16.8 Å². The number of carbonyl (C=O) groups is 5. The van der Waals surface area contributed by atoms with Crippen molar-refractivity contribution in [3.05, 3.63) is 77.1 Å². The molecule has 2 saturated heterocycles. The number of aldehydes is 1. The van der Waals surface area contributed by atoms with Gasteiger partial charge in [-0.1, -0.05) is 0 Å². The third-order valence-corrected chi connectivity index (χ3v) is 13.2. The largest absolute Gasteiger partial charge is 0.369 e. The van der Waals surface area contributed by atoms with Crippen molar-refractivity contribution in [3.8, 4) is 11.3 Å². The second kappa shape index (κ2) is 18.7. The Balaban J connectivity index is 0.853. The van der Waals surface area contributed by atoms with Gasteiger partial charge in [0.05, 0.1) is 34.8 Å². The van der Waals surface area contributed by atoms with Crippen LogP contribution >= 0.6 is 0 Å². The first-order chi connectivity index (χ1) is 31.3. The number of amides is 4. The molecule has 8 rings (SSSR count). The zero-order valence-electron chi connectivity index (χ0n) is 37.5. The van der Waals surface area contributed by atoms with Crippen LogP contribution in [0.1, 0.15) is 54.3 Å². The molecule has 342 valence electrons. The lowest BCUT2D eigenvalue weighted by Gasteiger charge is -2.46. The summed E-state index contributed by atoms with van der Waals surface area (Å²) in [5.74, 6) is 11.3. The van der Waals surface area contributed by atoms with E-state index in [9.17, 15) is 24.0 Å². The highest BCUT2D eigenvalue weighted by molar-refractivity contribution is 6.22. The van der Waals surface area contributed by atoms with Crippen LogP contribution in [0.4, 0.5) is 17.2 Å². The standard InChI is InChI=1S/C45H57N15O5/c1-27-23-57(39-20-30(12-13-49-39)41-36-21-31(6-10-38(36)52-53-41)50-42(63)37-25-59(47)45(51-46)54(5)29(37)3)24-28(2)58(27)19-16-55-14-17-56(18-15-55)32-7-9-34-35(22-32)44(65)60(43(34)64)33(26-61)8-11-40(62)48-4/h6-7,9-10,12-13,20-22,26-28,33H,8,11,14-19,23-25,46-47H2,1-5H3,(H,48,62)(H,50,63)(H,52,53)/b51-45-. The van der Waals surface area contributed by atoms with E-state index in [0.29, 0.717) is 29.2 Å². The lowest BCUT2D eigenvalue weighted by atomic mass is 10.1. The second-order valence-electron chi connectivity index (χ2n) is 17.2. The number of hydrazine groups is 1. The highest BCUT2D eigenvalue weighted by Gasteiger charge is 2.41. The van der Waals surface area contributed by atoms with E-state index >= 15 is 0 Å². The fourth-order valence-electron chi connectivity index (χ4n) is 9.43.